The molecule has 8 heteroatoms. The third-order valence-electron chi connectivity index (χ3n) is 5.57. The lowest BCUT2D eigenvalue weighted by atomic mass is 9.99. The number of hydrogen-bond acceptors (Lipinski definition) is 6. The first kappa shape index (κ1) is 21.1. The molecule has 1 fully saturated rings. The van der Waals surface area contributed by atoms with Crippen molar-refractivity contribution in [3.63, 3.8) is 0 Å². The highest BCUT2D eigenvalue weighted by molar-refractivity contribution is 5.95. The molecule has 3 heterocycles. The van der Waals surface area contributed by atoms with Crippen molar-refractivity contribution in [3.8, 4) is 0 Å². The van der Waals surface area contributed by atoms with Crippen molar-refractivity contribution in [2.75, 3.05) is 39.3 Å². The zero-order chi connectivity index (χ0) is 21.6. The molecule has 2 aliphatic heterocycles. The number of nitrogens with zero attached hydrogens (tertiary/aromatic N) is 2. The number of rotatable bonds is 7. The summed E-state index contributed by atoms with van der Waals surface area (Å²) in [5.74, 6) is 0.0530. The van der Waals surface area contributed by atoms with Crippen molar-refractivity contribution in [2.24, 2.45) is 0 Å². The van der Waals surface area contributed by atoms with Crippen LogP contribution < -0.4 is 10.6 Å². The van der Waals surface area contributed by atoms with Crippen molar-refractivity contribution in [1.82, 2.24) is 20.4 Å². The molecule has 2 N–H and O–H groups in total. The van der Waals surface area contributed by atoms with E-state index in [1.54, 1.807) is 19.1 Å². The maximum absolute atomic E-state index is 12.8. The number of piperazine rings is 1. The maximum atomic E-state index is 12.8. The molecule has 2 aliphatic rings. The van der Waals surface area contributed by atoms with Gasteiger partial charge in [-0.25, -0.2) is 9.59 Å². The molecule has 2 aromatic rings. The van der Waals surface area contributed by atoms with E-state index in [1.165, 1.54) is 11.8 Å². The van der Waals surface area contributed by atoms with Crippen LogP contribution in [0.1, 0.15) is 24.3 Å². The van der Waals surface area contributed by atoms with Gasteiger partial charge in [-0.05, 0) is 24.6 Å². The van der Waals surface area contributed by atoms with E-state index in [2.05, 4.69) is 44.7 Å². The van der Waals surface area contributed by atoms with Crippen molar-refractivity contribution in [3.05, 3.63) is 71.3 Å². The summed E-state index contributed by atoms with van der Waals surface area (Å²) >= 11 is 0. The van der Waals surface area contributed by atoms with Gasteiger partial charge in [-0.1, -0.05) is 30.3 Å². The predicted octanol–water partition coefficient (Wildman–Crippen LogP) is 2.27. The molecule has 31 heavy (non-hydrogen) atoms. The van der Waals surface area contributed by atoms with E-state index in [0.717, 1.165) is 32.7 Å². The van der Waals surface area contributed by atoms with E-state index in [0.29, 0.717) is 23.6 Å². The number of esters is 1. The number of furan rings is 1. The van der Waals surface area contributed by atoms with Crippen LogP contribution in [0.2, 0.25) is 0 Å². The highest BCUT2D eigenvalue weighted by atomic mass is 16.5. The first-order valence-corrected chi connectivity index (χ1v) is 10.6. The van der Waals surface area contributed by atoms with Crippen LogP contribution in [0.15, 0.2) is 64.4 Å². The van der Waals surface area contributed by atoms with Gasteiger partial charge in [0.2, 0.25) is 0 Å². The number of hydrogen-bond donors (Lipinski definition) is 2. The Labute approximate surface area is 181 Å². The molecule has 0 aliphatic carbocycles. The zero-order valence-corrected chi connectivity index (χ0v) is 17.7. The summed E-state index contributed by atoms with van der Waals surface area (Å²) in [6.45, 7) is 6.95. The van der Waals surface area contributed by atoms with E-state index in [9.17, 15) is 9.59 Å². The Morgan fingerprint density at radius 2 is 1.77 bits per heavy atom. The van der Waals surface area contributed by atoms with Crippen LogP contribution in [0.4, 0.5) is 4.79 Å². The molecule has 0 radical (unpaired) electrons. The molecule has 4 rings (SSSR count). The number of carbonyl (C=O) groups is 2. The van der Waals surface area contributed by atoms with Gasteiger partial charge in [0.1, 0.15) is 11.8 Å². The monoisotopic (exact) mass is 424 g/mol. The fourth-order valence-electron chi connectivity index (χ4n) is 4.03. The first-order chi connectivity index (χ1) is 15.1. The molecule has 164 valence electrons. The lowest BCUT2D eigenvalue weighted by Gasteiger charge is -2.36. The predicted molar refractivity (Wildman–Crippen MR) is 115 cm³/mol. The molecule has 0 bridgehead atoms. The molecule has 0 spiro atoms. The first-order valence-electron chi connectivity index (χ1n) is 10.6. The second-order valence-electron chi connectivity index (χ2n) is 7.70. The third kappa shape index (κ3) is 5.15. The van der Waals surface area contributed by atoms with Gasteiger partial charge in [0.15, 0.2) is 0 Å². The zero-order valence-electron chi connectivity index (χ0n) is 17.7. The smallest absolute Gasteiger partial charge is 0.338 e. The van der Waals surface area contributed by atoms with Gasteiger partial charge >= 0.3 is 12.0 Å². The minimum absolute atomic E-state index is 0.257. The molecular formula is C23H28N4O4. The molecule has 8 nitrogen and oxygen atoms in total. The lowest BCUT2D eigenvalue weighted by Crippen LogP contribution is -2.51. The number of carbonyl (C=O) groups excluding carboxylic acids is 2. The molecule has 0 saturated carbocycles. The Morgan fingerprint density at radius 1 is 1.06 bits per heavy atom. The normalized spacial score (nSPS) is 20.3. The average Bonchev–Trinajstić information content (AvgIpc) is 3.30. The van der Waals surface area contributed by atoms with Crippen LogP contribution in [0.5, 0.6) is 0 Å². The maximum Gasteiger partial charge on any atom is 0.338 e. The van der Waals surface area contributed by atoms with E-state index < -0.39 is 12.0 Å². The summed E-state index contributed by atoms with van der Waals surface area (Å²) in [6, 6.07) is 12.9. The summed E-state index contributed by atoms with van der Waals surface area (Å²) in [7, 11) is 0. The number of amides is 2. The molecule has 1 aromatic carbocycles. The summed E-state index contributed by atoms with van der Waals surface area (Å²) in [5, 5.41) is 5.61. The van der Waals surface area contributed by atoms with Crippen molar-refractivity contribution >= 4 is 12.0 Å². The highest BCUT2D eigenvalue weighted by Gasteiger charge is 2.36. The molecule has 1 saturated heterocycles. The minimum Gasteiger partial charge on any atom is -0.467 e. The number of urea groups is 1. The Morgan fingerprint density at radius 3 is 2.42 bits per heavy atom. The number of benzene rings is 1. The summed E-state index contributed by atoms with van der Waals surface area (Å²) in [6.07, 6.45) is 1.53. The molecule has 1 unspecified atom stereocenters. The van der Waals surface area contributed by atoms with E-state index in [4.69, 9.17) is 9.15 Å². The van der Waals surface area contributed by atoms with Gasteiger partial charge in [0, 0.05) is 45.0 Å². The fraction of sp³-hybridized carbons (Fsp3) is 0.391. The SMILES string of the molecule is CCOC(=O)C1=C(CN2CCN(Cc3ccccc3)CC2)NC(=O)NC1c1ccco1. The van der Waals surface area contributed by atoms with Crippen molar-refractivity contribution in [1.29, 1.82) is 0 Å². The molecular weight excluding hydrogens is 396 g/mol. The van der Waals surface area contributed by atoms with Crippen molar-refractivity contribution in [2.45, 2.75) is 19.5 Å². The van der Waals surface area contributed by atoms with Crippen molar-refractivity contribution < 1.29 is 18.7 Å². The second-order valence-corrected chi connectivity index (χ2v) is 7.70. The third-order valence-corrected chi connectivity index (χ3v) is 5.57. The minimum atomic E-state index is -0.669. The van der Waals surface area contributed by atoms with Crippen LogP contribution in [0, 0.1) is 0 Å². The number of nitrogens with one attached hydrogen (secondary N) is 2. The largest absolute Gasteiger partial charge is 0.467 e. The van der Waals surface area contributed by atoms with E-state index in [-0.39, 0.29) is 12.6 Å². The van der Waals surface area contributed by atoms with E-state index in [1.807, 2.05) is 6.07 Å². The average molecular weight is 425 g/mol. The lowest BCUT2D eigenvalue weighted by molar-refractivity contribution is -0.139. The Bertz CT molecular complexity index is 918. The molecule has 1 aromatic heterocycles. The van der Waals surface area contributed by atoms with Gasteiger partial charge in [-0.3, -0.25) is 9.80 Å². The van der Waals surface area contributed by atoms with Gasteiger partial charge < -0.3 is 19.8 Å². The summed E-state index contributed by atoms with van der Waals surface area (Å²) in [5.41, 5.74) is 2.26. The van der Waals surface area contributed by atoms with Gasteiger partial charge in [-0.2, -0.15) is 0 Å². The topological polar surface area (TPSA) is 87.0 Å². The van der Waals surface area contributed by atoms with Gasteiger partial charge in [0.25, 0.3) is 0 Å². The van der Waals surface area contributed by atoms with E-state index >= 15 is 0 Å². The number of ether oxygens (including phenoxy) is 1. The standard InChI is InChI=1S/C23H28N4O4/c1-2-30-22(28)20-18(24-23(29)25-21(20)19-9-6-14-31-19)16-27-12-10-26(11-13-27)15-17-7-4-3-5-8-17/h3-9,14,21H,2,10-13,15-16H2,1H3,(H2,24,25,29). The van der Waals surface area contributed by atoms with Crippen LogP contribution in [-0.2, 0) is 16.1 Å². The van der Waals surface area contributed by atoms with Crippen LogP contribution in [-0.4, -0.2) is 61.1 Å². The summed E-state index contributed by atoms with van der Waals surface area (Å²) in [4.78, 5) is 29.8. The van der Waals surface area contributed by atoms with Gasteiger partial charge in [-0.15, -0.1) is 0 Å². The quantitative estimate of drug-likeness (QED) is 0.663. The highest BCUT2D eigenvalue weighted by Crippen LogP contribution is 2.28. The van der Waals surface area contributed by atoms with Gasteiger partial charge in [0.05, 0.1) is 18.4 Å². The van der Waals surface area contributed by atoms with Crippen LogP contribution in [0.3, 0.4) is 0 Å². The Hall–Kier alpha value is -3.10. The fourth-order valence-corrected chi connectivity index (χ4v) is 4.03. The summed E-state index contributed by atoms with van der Waals surface area (Å²) < 4.78 is 10.8. The second kappa shape index (κ2) is 9.80. The Kier molecular flexibility index (Phi) is 6.69. The molecule has 2 amide bonds. The van der Waals surface area contributed by atoms with Crippen LogP contribution in [0.25, 0.3) is 0 Å². The molecule has 1 atom stereocenters. The Balaban J connectivity index is 1.47. The van der Waals surface area contributed by atoms with Crippen LogP contribution >= 0.6 is 0 Å².